The van der Waals surface area contributed by atoms with Gasteiger partial charge in [0.1, 0.15) is 30.5 Å². The number of hydrogen-bond acceptors (Lipinski definition) is 11. The van der Waals surface area contributed by atoms with Gasteiger partial charge < -0.3 is 45.3 Å². The molecule has 1 saturated carbocycles. The second kappa shape index (κ2) is 11.8. The molecular weight excluding hydrogens is 508 g/mol. The van der Waals surface area contributed by atoms with Crippen molar-refractivity contribution in [3.8, 4) is 0 Å². The summed E-state index contributed by atoms with van der Waals surface area (Å²) >= 11 is 0. The Balaban J connectivity index is 1.52. The number of carbonyl (C=O) groups is 2. The van der Waals surface area contributed by atoms with Crippen molar-refractivity contribution in [1.82, 2.24) is 14.9 Å². The number of hydrogen-bond donors (Lipinski definition) is 6. The van der Waals surface area contributed by atoms with E-state index in [0.29, 0.717) is 0 Å². The Morgan fingerprint density at radius 2 is 1.89 bits per heavy atom. The number of aromatic nitrogens is 2. The van der Waals surface area contributed by atoms with Gasteiger partial charge in [0.15, 0.2) is 18.1 Å². The van der Waals surface area contributed by atoms with Crippen molar-refractivity contribution in [1.29, 1.82) is 0 Å². The summed E-state index contributed by atoms with van der Waals surface area (Å²) in [5, 5.41) is 34.4. The number of methoxy groups -OCH3 is 1. The minimum atomic E-state index is -1.73. The van der Waals surface area contributed by atoms with Crippen LogP contribution in [0.3, 0.4) is 0 Å². The molecule has 2 amide bonds. The maximum atomic E-state index is 12.8. The van der Waals surface area contributed by atoms with Crippen LogP contribution in [-0.2, 0) is 28.5 Å². The Hall–Kier alpha value is -3.08. The van der Waals surface area contributed by atoms with Crippen LogP contribution in [0.25, 0.3) is 0 Å². The number of nitrogens with zero attached hydrogens (tertiary/aromatic N) is 1. The molecule has 0 radical (unpaired) electrons. The molecule has 1 aliphatic carbocycles. The van der Waals surface area contributed by atoms with Gasteiger partial charge in [0.2, 0.25) is 12.2 Å². The number of amides is 2. The predicted octanol–water partition coefficient (Wildman–Crippen LogP) is -2.91. The maximum Gasteiger partial charge on any atom is 0.330 e. The standard InChI is InChI=1S/C23H32N4O11/c1-35-16-15(31)21(27-8-7-13(29)26-23(27)34)37-17(16)18(19(24)32)38-22-14(30)11(28)9-12(36-22)20(33)25-10-5-3-2-4-6-10/h7-11,14-18,21-22,28,30-31H,2-6H2,1H3,(H2,24,32)(H,25,33)(H,26,29,34)/t11-,14-,15+,16-,17-,18+,21+,22+/m0/s1. The third-order valence-electron chi connectivity index (χ3n) is 6.86. The lowest BCUT2D eigenvalue weighted by molar-refractivity contribution is -0.241. The highest BCUT2D eigenvalue weighted by atomic mass is 16.7. The van der Waals surface area contributed by atoms with Crippen molar-refractivity contribution in [3.05, 3.63) is 44.9 Å². The van der Waals surface area contributed by atoms with E-state index in [-0.39, 0.29) is 11.8 Å². The summed E-state index contributed by atoms with van der Waals surface area (Å²) < 4.78 is 23.0. The molecule has 0 aromatic carbocycles. The lowest BCUT2D eigenvalue weighted by Crippen LogP contribution is -2.54. The van der Waals surface area contributed by atoms with Crippen LogP contribution in [0.4, 0.5) is 0 Å². The molecule has 7 N–H and O–H groups in total. The minimum absolute atomic E-state index is 0.0634. The number of nitrogens with one attached hydrogen (secondary N) is 2. The van der Waals surface area contributed by atoms with Crippen LogP contribution < -0.4 is 22.3 Å². The monoisotopic (exact) mass is 540 g/mol. The number of carbonyl (C=O) groups excluding carboxylic acids is 2. The van der Waals surface area contributed by atoms with Gasteiger partial charge in [-0.1, -0.05) is 19.3 Å². The van der Waals surface area contributed by atoms with Crippen molar-refractivity contribution in [3.63, 3.8) is 0 Å². The number of ether oxygens (including phenoxy) is 4. The lowest BCUT2D eigenvalue weighted by atomic mass is 9.95. The number of rotatable bonds is 8. The fourth-order valence-corrected chi connectivity index (χ4v) is 4.89. The topological polar surface area (TPSA) is 225 Å². The molecule has 0 spiro atoms. The fraction of sp³-hybridized carbons (Fsp3) is 0.652. The van der Waals surface area contributed by atoms with Crippen molar-refractivity contribution in [2.24, 2.45) is 5.73 Å². The predicted molar refractivity (Wildman–Crippen MR) is 126 cm³/mol. The molecule has 210 valence electrons. The number of aromatic amines is 1. The first-order chi connectivity index (χ1) is 18.1. The van der Waals surface area contributed by atoms with E-state index >= 15 is 0 Å². The van der Waals surface area contributed by atoms with Gasteiger partial charge in [0.25, 0.3) is 11.5 Å². The number of H-pyrrole nitrogens is 1. The fourth-order valence-electron chi connectivity index (χ4n) is 4.89. The van der Waals surface area contributed by atoms with Crippen molar-refractivity contribution in [2.45, 2.75) is 87.3 Å². The zero-order valence-electron chi connectivity index (χ0n) is 20.6. The number of aliphatic hydroxyl groups is 3. The molecule has 8 atom stereocenters. The average Bonchev–Trinajstić information content (AvgIpc) is 3.20. The zero-order valence-corrected chi connectivity index (χ0v) is 20.6. The van der Waals surface area contributed by atoms with Crippen LogP contribution in [0.5, 0.6) is 0 Å². The first kappa shape index (κ1) is 27.9. The number of nitrogens with two attached hydrogens (primary N) is 1. The van der Waals surface area contributed by atoms with E-state index in [1.165, 1.54) is 7.11 Å². The van der Waals surface area contributed by atoms with E-state index in [1.807, 2.05) is 4.98 Å². The summed E-state index contributed by atoms with van der Waals surface area (Å²) in [4.78, 5) is 50.9. The van der Waals surface area contributed by atoms with Gasteiger partial charge in [-0.2, -0.15) is 0 Å². The zero-order chi connectivity index (χ0) is 27.6. The second-order valence-corrected chi connectivity index (χ2v) is 9.47. The van der Waals surface area contributed by atoms with Crippen LogP contribution in [0.1, 0.15) is 38.3 Å². The van der Waals surface area contributed by atoms with Crippen LogP contribution in [0.2, 0.25) is 0 Å². The molecule has 2 fully saturated rings. The second-order valence-electron chi connectivity index (χ2n) is 9.47. The van der Waals surface area contributed by atoms with E-state index in [4.69, 9.17) is 24.7 Å². The first-order valence-electron chi connectivity index (χ1n) is 12.3. The molecule has 15 nitrogen and oxygen atoms in total. The molecular formula is C23H32N4O11. The van der Waals surface area contributed by atoms with Crippen molar-refractivity contribution in [2.75, 3.05) is 7.11 Å². The highest BCUT2D eigenvalue weighted by molar-refractivity contribution is 5.92. The number of primary amides is 1. The molecule has 1 aromatic heterocycles. The molecule has 38 heavy (non-hydrogen) atoms. The van der Waals surface area contributed by atoms with Crippen molar-refractivity contribution >= 4 is 11.8 Å². The van der Waals surface area contributed by atoms with E-state index in [9.17, 15) is 34.5 Å². The molecule has 4 rings (SSSR count). The summed E-state index contributed by atoms with van der Waals surface area (Å²) in [6, 6.07) is 0.973. The Kier molecular flexibility index (Phi) is 8.64. The summed E-state index contributed by atoms with van der Waals surface area (Å²) in [5.74, 6) is -2.03. The lowest BCUT2D eigenvalue weighted by Gasteiger charge is -2.35. The van der Waals surface area contributed by atoms with Gasteiger partial charge in [0.05, 0.1) is 0 Å². The third kappa shape index (κ3) is 5.82. The van der Waals surface area contributed by atoms with E-state index < -0.39 is 72.2 Å². The van der Waals surface area contributed by atoms with Gasteiger partial charge in [-0.3, -0.25) is 23.9 Å². The maximum absolute atomic E-state index is 12.8. The summed E-state index contributed by atoms with van der Waals surface area (Å²) in [6.45, 7) is 0. The highest BCUT2D eigenvalue weighted by Crippen LogP contribution is 2.34. The normalized spacial score (nSPS) is 32.7. The van der Waals surface area contributed by atoms with Gasteiger partial charge >= 0.3 is 5.69 Å². The minimum Gasteiger partial charge on any atom is -0.456 e. The Bertz CT molecular complexity index is 1160. The Morgan fingerprint density at radius 1 is 1.18 bits per heavy atom. The Morgan fingerprint density at radius 3 is 2.53 bits per heavy atom. The third-order valence-corrected chi connectivity index (χ3v) is 6.86. The van der Waals surface area contributed by atoms with Gasteiger partial charge in [-0.15, -0.1) is 0 Å². The van der Waals surface area contributed by atoms with Gasteiger partial charge in [-0.05, 0) is 18.9 Å². The molecule has 0 unspecified atom stereocenters. The number of aliphatic hydroxyl groups excluding tert-OH is 3. The SMILES string of the molecule is CO[C@H]1[C@@H](O)[C@H](n2ccc(=O)[nH]c2=O)O[C@@H]1[C@@H](O[C@H]1OC(C(=O)NC2CCCCC2)=C[C@H](O)[C@@H]1O)C(N)=O. The smallest absolute Gasteiger partial charge is 0.330 e. The quantitative estimate of drug-likeness (QED) is 0.196. The van der Waals surface area contributed by atoms with Crippen LogP contribution in [0, 0.1) is 0 Å². The summed E-state index contributed by atoms with van der Waals surface area (Å²) in [5.41, 5.74) is 3.98. The molecule has 1 saturated heterocycles. The van der Waals surface area contributed by atoms with E-state index in [1.54, 1.807) is 0 Å². The average molecular weight is 541 g/mol. The van der Waals surface area contributed by atoms with E-state index in [2.05, 4.69) is 5.32 Å². The van der Waals surface area contributed by atoms with Crippen molar-refractivity contribution < 1.29 is 43.9 Å². The molecule has 15 heteroatoms. The summed E-state index contributed by atoms with van der Waals surface area (Å²) in [6.07, 6.45) is -5.60. The highest BCUT2D eigenvalue weighted by Gasteiger charge is 2.52. The van der Waals surface area contributed by atoms with Gasteiger partial charge in [0, 0.05) is 25.4 Å². The Labute approximate surface area is 216 Å². The molecule has 0 bridgehead atoms. The molecule has 2 aliphatic heterocycles. The van der Waals surface area contributed by atoms with Crippen LogP contribution in [0.15, 0.2) is 33.7 Å². The first-order valence-corrected chi connectivity index (χ1v) is 12.3. The molecule has 3 aliphatic rings. The van der Waals surface area contributed by atoms with Crippen LogP contribution in [-0.4, -0.2) is 92.8 Å². The van der Waals surface area contributed by atoms with Gasteiger partial charge in [-0.25, -0.2) is 4.79 Å². The summed E-state index contributed by atoms with van der Waals surface area (Å²) in [7, 11) is 1.21. The van der Waals surface area contributed by atoms with Crippen LogP contribution >= 0.6 is 0 Å². The molecule has 3 heterocycles. The molecule has 1 aromatic rings. The van der Waals surface area contributed by atoms with E-state index in [0.717, 1.165) is 55.0 Å². The largest absolute Gasteiger partial charge is 0.456 e.